The molecule has 4 nitrogen and oxygen atoms in total. The van der Waals surface area contributed by atoms with Crippen molar-refractivity contribution in [3.63, 3.8) is 0 Å². The van der Waals surface area contributed by atoms with Crippen LogP contribution >= 0.6 is 38.9 Å². The second-order valence-corrected chi connectivity index (χ2v) is 5.94. The molecule has 0 aliphatic rings. The number of carbonyl (C=O) groups excluding carboxylic acids is 2. The number of hydrogen-bond acceptors (Lipinski definition) is 4. The minimum Gasteiger partial charge on any atom is -0.465 e. The fraction of sp³-hybridized carbons (Fsp3) is 0.0769. The summed E-state index contributed by atoms with van der Waals surface area (Å²) >= 11 is 10.4. The Morgan fingerprint density at radius 1 is 1.35 bits per heavy atom. The van der Waals surface area contributed by atoms with Gasteiger partial charge in [0.25, 0.3) is 5.91 Å². The number of amides is 1. The normalized spacial score (nSPS) is 10.2. The molecule has 0 unspecified atom stereocenters. The second-order valence-electron chi connectivity index (χ2n) is 3.73. The first-order valence-corrected chi connectivity index (χ1v) is 7.50. The van der Waals surface area contributed by atoms with Gasteiger partial charge in [-0.2, -0.15) is 0 Å². The molecule has 0 bridgehead atoms. The summed E-state index contributed by atoms with van der Waals surface area (Å²) in [5.41, 5.74) is 0.563. The van der Waals surface area contributed by atoms with Crippen molar-refractivity contribution in [1.29, 1.82) is 0 Å². The van der Waals surface area contributed by atoms with Gasteiger partial charge in [0.1, 0.15) is 4.88 Å². The summed E-state index contributed by atoms with van der Waals surface area (Å²) in [5.74, 6) is -0.868. The number of nitrogens with one attached hydrogen (secondary N) is 1. The molecule has 0 spiro atoms. The zero-order chi connectivity index (χ0) is 14.7. The van der Waals surface area contributed by atoms with E-state index in [1.807, 2.05) is 0 Å². The first kappa shape index (κ1) is 15.0. The van der Waals surface area contributed by atoms with Gasteiger partial charge in [-0.1, -0.05) is 11.6 Å². The molecule has 0 saturated carbocycles. The minimum absolute atomic E-state index is 0.209. The van der Waals surface area contributed by atoms with Crippen LogP contribution in [0.2, 0.25) is 5.02 Å². The number of anilines is 1. The summed E-state index contributed by atoms with van der Waals surface area (Å²) < 4.78 is 5.37. The Hall–Kier alpha value is -1.37. The van der Waals surface area contributed by atoms with E-state index in [9.17, 15) is 9.59 Å². The van der Waals surface area contributed by atoms with Gasteiger partial charge >= 0.3 is 5.97 Å². The van der Waals surface area contributed by atoms with Gasteiger partial charge in [0, 0.05) is 9.50 Å². The van der Waals surface area contributed by atoms with Crippen molar-refractivity contribution in [1.82, 2.24) is 0 Å². The molecule has 1 aromatic heterocycles. The van der Waals surface area contributed by atoms with Crippen LogP contribution in [0.4, 0.5) is 5.69 Å². The Bertz CT molecular complexity index is 671. The van der Waals surface area contributed by atoms with E-state index >= 15 is 0 Å². The van der Waals surface area contributed by atoms with Gasteiger partial charge in [0.15, 0.2) is 0 Å². The van der Waals surface area contributed by atoms with E-state index in [2.05, 4.69) is 26.0 Å². The molecule has 104 valence electrons. The van der Waals surface area contributed by atoms with E-state index in [1.165, 1.54) is 24.5 Å². The highest BCUT2D eigenvalue weighted by molar-refractivity contribution is 9.10. The van der Waals surface area contributed by atoms with Gasteiger partial charge < -0.3 is 10.1 Å². The first-order valence-electron chi connectivity index (χ1n) is 5.45. The van der Waals surface area contributed by atoms with E-state index in [1.54, 1.807) is 23.6 Å². The number of rotatable bonds is 3. The number of hydrogen-bond donors (Lipinski definition) is 1. The van der Waals surface area contributed by atoms with Gasteiger partial charge in [-0.3, -0.25) is 4.79 Å². The van der Waals surface area contributed by atoms with E-state index in [0.29, 0.717) is 20.1 Å². The van der Waals surface area contributed by atoms with Gasteiger partial charge in [-0.15, -0.1) is 11.3 Å². The molecule has 2 aromatic rings. The van der Waals surface area contributed by atoms with E-state index in [0.717, 1.165) is 0 Å². The summed E-state index contributed by atoms with van der Waals surface area (Å²) in [5, 5.41) is 4.86. The van der Waals surface area contributed by atoms with Gasteiger partial charge in [0.2, 0.25) is 0 Å². The van der Waals surface area contributed by atoms with Crippen LogP contribution in [0.25, 0.3) is 0 Å². The third-order valence-electron chi connectivity index (χ3n) is 2.46. The Labute approximate surface area is 132 Å². The van der Waals surface area contributed by atoms with Gasteiger partial charge in [-0.05, 0) is 45.6 Å². The second kappa shape index (κ2) is 6.39. The Morgan fingerprint density at radius 3 is 2.70 bits per heavy atom. The molecule has 0 aliphatic carbocycles. The van der Waals surface area contributed by atoms with E-state index in [4.69, 9.17) is 11.6 Å². The lowest BCUT2D eigenvalue weighted by molar-refractivity contribution is 0.0602. The molecule has 0 radical (unpaired) electrons. The molecular weight excluding hydrogens is 366 g/mol. The Morgan fingerprint density at radius 2 is 2.10 bits per heavy atom. The number of methoxy groups -OCH3 is 1. The number of esters is 1. The fourth-order valence-electron chi connectivity index (χ4n) is 1.54. The maximum absolute atomic E-state index is 12.1. The third kappa shape index (κ3) is 3.20. The van der Waals surface area contributed by atoms with Gasteiger partial charge in [-0.25, -0.2) is 4.79 Å². The molecule has 1 amide bonds. The molecule has 0 aliphatic heterocycles. The van der Waals surface area contributed by atoms with Crippen molar-refractivity contribution in [3.8, 4) is 0 Å². The van der Waals surface area contributed by atoms with Crippen LogP contribution in [-0.4, -0.2) is 19.0 Å². The molecule has 0 fully saturated rings. The van der Waals surface area contributed by atoms with Crippen LogP contribution in [0, 0.1) is 0 Å². The molecule has 7 heteroatoms. The standard InChI is InChI=1S/C13H9BrClNO3S/c1-19-13(18)8-6-7(15)2-3-10(8)16-12(17)11-9(14)4-5-20-11/h2-6H,1H3,(H,16,17). The average Bonchev–Trinajstić information content (AvgIpc) is 2.86. The monoisotopic (exact) mass is 373 g/mol. The van der Waals surface area contributed by atoms with Crippen LogP contribution in [0.3, 0.4) is 0 Å². The molecule has 1 N–H and O–H groups in total. The van der Waals surface area contributed by atoms with Crippen LogP contribution in [0.1, 0.15) is 20.0 Å². The molecule has 0 atom stereocenters. The minimum atomic E-state index is -0.562. The molecule has 1 aromatic carbocycles. The molecule has 1 heterocycles. The highest BCUT2D eigenvalue weighted by atomic mass is 79.9. The fourth-order valence-corrected chi connectivity index (χ4v) is 3.16. The maximum Gasteiger partial charge on any atom is 0.340 e. The largest absolute Gasteiger partial charge is 0.465 e. The Balaban J connectivity index is 2.32. The third-order valence-corrected chi connectivity index (χ3v) is 4.53. The summed E-state index contributed by atoms with van der Waals surface area (Å²) in [4.78, 5) is 24.3. The van der Waals surface area contributed by atoms with Crippen molar-refractivity contribution in [3.05, 3.63) is 49.6 Å². The highest BCUT2D eigenvalue weighted by Crippen LogP contribution is 2.26. The van der Waals surface area contributed by atoms with Crippen LogP contribution in [0.5, 0.6) is 0 Å². The smallest absolute Gasteiger partial charge is 0.340 e. The van der Waals surface area contributed by atoms with Crippen molar-refractivity contribution in [2.24, 2.45) is 0 Å². The Kier molecular flexibility index (Phi) is 4.80. The van der Waals surface area contributed by atoms with Gasteiger partial charge in [0.05, 0.1) is 18.4 Å². The van der Waals surface area contributed by atoms with Crippen LogP contribution in [0.15, 0.2) is 34.1 Å². The highest BCUT2D eigenvalue weighted by Gasteiger charge is 2.17. The lowest BCUT2D eigenvalue weighted by Crippen LogP contribution is -2.14. The molecular formula is C13H9BrClNO3S. The SMILES string of the molecule is COC(=O)c1cc(Cl)ccc1NC(=O)c1sccc1Br. The van der Waals surface area contributed by atoms with E-state index < -0.39 is 5.97 Å². The molecule has 0 saturated heterocycles. The summed E-state index contributed by atoms with van der Waals surface area (Å²) in [6.07, 6.45) is 0. The van der Waals surface area contributed by atoms with Crippen molar-refractivity contribution in [2.45, 2.75) is 0 Å². The molecule has 2 rings (SSSR count). The zero-order valence-electron chi connectivity index (χ0n) is 10.3. The number of benzene rings is 1. The average molecular weight is 375 g/mol. The van der Waals surface area contributed by atoms with Crippen LogP contribution < -0.4 is 5.32 Å². The van der Waals surface area contributed by atoms with Crippen LogP contribution in [-0.2, 0) is 4.74 Å². The zero-order valence-corrected chi connectivity index (χ0v) is 13.4. The topological polar surface area (TPSA) is 55.4 Å². The number of halogens is 2. The lowest BCUT2D eigenvalue weighted by atomic mass is 10.1. The molecule has 20 heavy (non-hydrogen) atoms. The number of ether oxygens (including phenoxy) is 1. The van der Waals surface area contributed by atoms with Crippen molar-refractivity contribution in [2.75, 3.05) is 12.4 Å². The number of carbonyl (C=O) groups is 2. The number of thiophene rings is 1. The quantitative estimate of drug-likeness (QED) is 0.819. The van der Waals surface area contributed by atoms with E-state index in [-0.39, 0.29) is 11.5 Å². The van der Waals surface area contributed by atoms with Crippen molar-refractivity contribution < 1.29 is 14.3 Å². The lowest BCUT2D eigenvalue weighted by Gasteiger charge is -2.09. The van der Waals surface area contributed by atoms with Crippen molar-refractivity contribution >= 4 is 56.4 Å². The summed E-state index contributed by atoms with van der Waals surface area (Å²) in [6.45, 7) is 0. The summed E-state index contributed by atoms with van der Waals surface area (Å²) in [7, 11) is 1.27. The first-order chi connectivity index (χ1) is 9.52. The summed E-state index contributed by atoms with van der Waals surface area (Å²) in [6, 6.07) is 6.39. The predicted octanol–water partition coefficient (Wildman–Crippen LogP) is 4.20. The maximum atomic E-state index is 12.1. The predicted molar refractivity (Wildman–Crippen MR) is 82.8 cm³/mol.